The van der Waals surface area contributed by atoms with Gasteiger partial charge in [0.2, 0.25) is 5.91 Å². The summed E-state index contributed by atoms with van der Waals surface area (Å²) in [6, 6.07) is 34.8. The summed E-state index contributed by atoms with van der Waals surface area (Å²) in [5, 5.41) is 8.08. The van der Waals surface area contributed by atoms with Crippen LogP contribution in [0.1, 0.15) is 38.1 Å². The topological polar surface area (TPSA) is 100 Å². The first kappa shape index (κ1) is 30.1. The lowest BCUT2D eigenvalue weighted by atomic mass is 10.1. The summed E-state index contributed by atoms with van der Waals surface area (Å²) in [5.41, 5.74) is 4.64. The fourth-order valence-electron chi connectivity index (χ4n) is 4.60. The highest BCUT2D eigenvalue weighted by Crippen LogP contribution is 2.37. The third-order valence-corrected chi connectivity index (χ3v) is 7.78. The Labute approximate surface area is 260 Å². The SMILES string of the molecule is Cc1cc(C)cc(NC(=O)C(Sc2cccc(NC(=O)/C(=C/c3ccco3)NC(=O)c3ccccc3)c2)c2ccccc2)c1. The van der Waals surface area contributed by atoms with Gasteiger partial charge >= 0.3 is 0 Å². The molecule has 0 saturated carbocycles. The molecular weight excluding hydrogens is 570 g/mol. The molecule has 0 aliphatic carbocycles. The van der Waals surface area contributed by atoms with Crippen molar-refractivity contribution in [3.05, 3.63) is 155 Å². The summed E-state index contributed by atoms with van der Waals surface area (Å²) in [7, 11) is 0. The van der Waals surface area contributed by atoms with Crippen LogP contribution in [-0.4, -0.2) is 17.7 Å². The first-order valence-corrected chi connectivity index (χ1v) is 14.9. The highest BCUT2D eigenvalue weighted by molar-refractivity contribution is 8.00. The average Bonchev–Trinajstić information content (AvgIpc) is 3.53. The fourth-order valence-corrected chi connectivity index (χ4v) is 5.68. The van der Waals surface area contributed by atoms with Gasteiger partial charge in [-0.1, -0.05) is 60.7 Å². The normalized spacial score (nSPS) is 11.8. The number of aryl methyl sites for hydroxylation is 2. The van der Waals surface area contributed by atoms with Gasteiger partial charge < -0.3 is 20.4 Å². The fraction of sp³-hybridized carbons (Fsp3) is 0.0833. The molecule has 0 spiro atoms. The molecular formula is C36H31N3O4S. The third kappa shape index (κ3) is 8.14. The van der Waals surface area contributed by atoms with E-state index in [1.54, 1.807) is 54.6 Å². The van der Waals surface area contributed by atoms with Crippen LogP contribution in [0, 0.1) is 13.8 Å². The number of benzene rings is 4. The molecule has 0 bridgehead atoms. The van der Waals surface area contributed by atoms with Crippen LogP contribution in [-0.2, 0) is 9.59 Å². The summed E-state index contributed by atoms with van der Waals surface area (Å²) >= 11 is 1.38. The second-order valence-electron chi connectivity index (χ2n) is 10.1. The van der Waals surface area contributed by atoms with Crippen molar-refractivity contribution in [3.63, 3.8) is 0 Å². The highest BCUT2D eigenvalue weighted by atomic mass is 32.2. The number of carbonyl (C=O) groups excluding carboxylic acids is 3. The Kier molecular flexibility index (Phi) is 9.74. The summed E-state index contributed by atoms with van der Waals surface area (Å²) < 4.78 is 5.39. The average molecular weight is 602 g/mol. The van der Waals surface area contributed by atoms with Gasteiger partial charge in [-0.25, -0.2) is 0 Å². The summed E-state index contributed by atoms with van der Waals surface area (Å²) in [5.74, 6) is -0.704. The van der Waals surface area contributed by atoms with E-state index in [0.29, 0.717) is 17.0 Å². The zero-order valence-corrected chi connectivity index (χ0v) is 25.1. The van der Waals surface area contributed by atoms with E-state index < -0.39 is 17.1 Å². The highest BCUT2D eigenvalue weighted by Gasteiger charge is 2.23. The van der Waals surface area contributed by atoms with E-state index in [2.05, 4.69) is 22.0 Å². The van der Waals surface area contributed by atoms with Gasteiger partial charge in [0.25, 0.3) is 11.8 Å². The smallest absolute Gasteiger partial charge is 0.272 e. The summed E-state index contributed by atoms with van der Waals surface area (Å²) in [6.07, 6.45) is 2.96. The van der Waals surface area contributed by atoms with E-state index in [9.17, 15) is 14.4 Å². The minimum atomic E-state index is -0.553. The number of thioether (sulfide) groups is 1. The molecule has 7 nitrogen and oxygen atoms in total. The monoisotopic (exact) mass is 601 g/mol. The number of hydrogen-bond donors (Lipinski definition) is 3. The third-order valence-electron chi connectivity index (χ3n) is 6.53. The summed E-state index contributed by atoms with van der Waals surface area (Å²) in [4.78, 5) is 40.7. The molecule has 1 aromatic heterocycles. The minimum absolute atomic E-state index is 0.0156. The van der Waals surface area contributed by atoms with Crippen LogP contribution >= 0.6 is 11.8 Å². The molecule has 0 aliphatic rings. The molecule has 0 saturated heterocycles. The molecule has 8 heteroatoms. The lowest BCUT2D eigenvalue weighted by Crippen LogP contribution is -2.30. The Morgan fingerprint density at radius 3 is 2.11 bits per heavy atom. The quantitative estimate of drug-likeness (QED) is 0.112. The summed E-state index contributed by atoms with van der Waals surface area (Å²) in [6.45, 7) is 3.99. The predicted molar refractivity (Wildman–Crippen MR) is 175 cm³/mol. The maximum Gasteiger partial charge on any atom is 0.272 e. The largest absolute Gasteiger partial charge is 0.465 e. The van der Waals surface area contributed by atoms with Crippen LogP contribution in [0.2, 0.25) is 0 Å². The first-order chi connectivity index (χ1) is 21.3. The van der Waals surface area contributed by atoms with Crippen molar-refractivity contribution in [3.8, 4) is 0 Å². The molecule has 0 fully saturated rings. The van der Waals surface area contributed by atoms with Crippen molar-refractivity contribution in [2.75, 3.05) is 10.6 Å². The molecule has 44 heavy (non-hydrogen) atoms. The number of nitrogens with one attached hydrogen (secondary N) is 3. The van der Waals surface area contributed by atoms with Crippen molar-refractivity contribution in [2.45, 2.75) is 24.0 Å². The van der Waals surface area contributed by atoms with Gasteiger partial charge in [-0.15, -0.1) is 11.8 Å². The number of hydrogen-bond acceptors (Lipinski definition) is 5. The molecule has 5 aromatic rings. The maximum atomic E-state index is 13.6. The van der Waals surface area contributed by atoms with Gasteiger partial charge in [0.05, 0.1) is 6.26 Å². The Hall–Kier alpha value is -5.34. The molecule has 3 amide bonds. The van der Waals surface area contributed by atoms with Crippen LogP contribution in [0.4, 0.5) is 11.4 Å². The molecule has 3 N–H and O–H groups in total. The number of carbonyl (C=O) groups is 3. The second kappa shape index (κ2) is 14.2. The molecule has 0 aliphatic heterocycles. The van der Waals surface area contributed by atoms with Crippen molar-refractivity contribution in [2.24, 2.45) is 0 Å². The lowest BCUT2D eigenvalue weighted by molar-refractivity contribution is -0.116. The van der Waals surface area contributed by atoms with E-state index in [4.69, 9.17) is 4.42 Å². The van der Waals surface area contributed by atoms with Gasteiger partial charge in [-0.3, -0.25) is 14.4 Å². The number of rotatable bonds is 10. The van der Waals surface area contributed by atoms with Crippen LogP contribution < -0.4 is 16.0 Å². The maximum absolute atomic E-state index is 13.6. The van der Waals surface area contributed by atoms with Crippen LogP contribution in [0.3, 0.4) is 0 Å². The molecule has 4 aromatic carbocycles. The first-order valence-electron chi connectivity index (χ1n) is 14.0. The van der Waals surface area contributed by atoms with Crippen LogP contribution in [0.25, 0.3) is 6.08 Å². The number of amides is 3. The van der Waals surface area contributed by atoms with Gasteiger partial charge in [0.1, 0.15) is 16.7 Å². The Morgan fingerprint density at radius 2 is 1.43 bits per heavy atom. The zero-order valence-electron chi connectivity index (χ0n) is 24.2. The van der Waals surface area contributed by atoms with E-state index >= 15 is 0 Å². The van der Waals surface area contributed by atoms with E-state index in [1.807, 2.05) is 68.4 Å². The minimum Gasteiger partial charge on any atom is -0.465 e. The molecule has 0 radical (unpaired) electrons. The van der Waals surface area contributed by atoms with Crippen LogP contribution in [0.15, 0.2) is 137 Å². The zero-order chi connectivity index (χ0) is 30.9. The predicted octanol–water partition coefficient (Wildman–Crippen LogP) is 7.78. The second-order valence-corrected chi connectivity index (χ2v) is 11.3. The Morgan fingerprint density at radius 1 is 0.727 bits per heavy atom. The van der Waals surface area contributed by atoms with Gasteiger partial charge in [0, 0.05) is 27.9 Å². The van der Waals surface area contributed by atoms with Crippen LogP contribution in [0.5, 0.6) is 0 Å². The van der Waals surface area contributed by atoms with E-state index in [0.717, 1.165) is 27.3 Å². The van der Waals surface area contributed by atoms with Crippen molar-refractivity contribution < 1.29 is 18.8 Å². The molecule has 5 rings (SSSR count). The van der Waals surface area contributed by atoms with Crippen molar-refractivity contribution >= 4 is 46.9 Å². The van der Waals surface area contributed by atoms with Gasteiger partial charge in [-0.05, 0) is 85.1 Å². The Balaban J connectivity index is 1.36. The standard InChI is InChI=1S/C36H31N3O4S/c1-24-19-25(2)21-29(20-24)38-36(42)33(26-11-5-3-6-12-26)44-31-17-9-15-28(22-31)37-35(41)32(23-30-16-10-18-43-30)39-34(40)27-13-7-4-8-14-27/h3-23,33H,1-2H3,(H,37,41)(H,38,42)(H,39,40)/b32-23-. The number of furan rings is 1. The molecule has 1 atom stereocenters. The molecule has 1 unspecified atom stereocenters. The number of anilines is 2. The van der Waals surface area contributed by atoms with Crippen molar-refractivity contribution in [1.82, 2.24) is 5.32 Å². The van der Waals surface area contributed by atoms with E-state index in [-0.39, 0.29) is 11.6 Å². The Bertz CT molecular complexity index is 1760. The lowest BCUT2D eigenvalue weighted by Gasteiger charge is -2.18. The van der Waals surface area contributed by atoms with E-state index in [1.165, 1.54) is 24.1 Å². The molecule has 1 heterocycles. The molecule has 220 valence electrons. The van der Waals surface area contributed by atoms with Gasteiger partial charge in [0.15, 0.2) is 0 Å². The van der Waals surface area contributed by atoms with Gasteiger partial charge in [-0.2, -0.15) is 0 Å². The van der Waals surface area contributed by atoms with Crippen molar-refractivity contribution in [1.29, 1.82) is 0 Å².